The van der Waals surface area contributed by atoms with Crippen molar-refractivity contribution in [2.45, 2.75) is 38.6 Å². The molecule has 1 amide bonds. The van der Waals surface area contributed by atoms with Crippen LogP contribution in [0.2, 0.25) is 0 Å². The fraction of sp³-hybridized carbons (Fsp3) is 0.737. The fourth-order valence-electron chi connectivity index (χ4n) is 3.97. The third kappa shape index (κ3) is 5.86. The van der Waals surface area contributed by atoms with E-state index in [1.165, 1.54) is 4.31 Å². The summed E-state index contributed by atoms with van der Waals surface area (Å²) >= 11 is 0. The molecule has 0 aromatic carbocycles. The minimum Gasteiger partial charge on any atom is -0.355 e. The highest BCUT2D eigenvalue weighted by atomic mass is 32.2. The third-order valence-electron chi connectivity index (χ3n) is 5.48. The van der Waals surface area contributed by atoms with Crippen LogP contribution in [-0.4, -0.2) is 91.1 Å². The molecule has 162 valence electrons. The van der Waals surface area contributed by atoms with E-state index in [0.29, 0.717) is 25.9 Å². The smallest absolute Gasteiger partial charge is 0.238 e. The van der Waals surface area contributed by atoms with Crippen LogP contribution < -0.4 is 10.2 Å². The molecule has 2 saturated heterocycles. The predicted molar refractivity (Wildman–Crippen MR) is 112 cm³/mol. The van der Waals surface area contributed by atoms with Gasteiger partial charge >= 0.3 is 0 Å². The number of nitrogens with zero attached hydrogens (tertiary/aromatic N) is 5. The van der Waals surface area contributed by atoms with Gasteiger partial charge < -0.3 is 10.2 Å². The van der Waals surface area contributed by atoms with Gasteiger partial charge in [0.05, 0.1) is 5.75 Å². The molecular formula is C19H32N6O3S. The van der Waals surface area contributed by atoms with Crippen LogP contribution >= 0.6 is 0 Å². The molecule has 1 N–H and O–H groups in total. The quantitative estimate of drug-likeness (QED) is 0.570. The largest absolute Gasteiger partial charge is 0.355 e. The zero-order valence-corrected chi connectivity index (χ0v) is 18.0. The molecular weight excluding hydrogens is 392 g/mol. The number of anilines is 1. The van der Waals surface area contributed by atoms with Crippen molar-refractivity contribution in [3.8, 4) is 0 Å². The Morgan fingerprint density at radius 3 is 2.59 bits per heavy atom. The molecule has 3 rings (SSSR count). The summed E-state index contributed by atoms with van der Waals surface area (Å²) in [6.45, 7) is 7.44. The molecule has 2 aliphatic heterocycles. The summed E-state index contributed by atoms with van der Waals surface area (Å²) in [4.78, 5) is 25.7. The number of carbonyl (C=O) groups is 1. The molecule has 1 aromatic rings. The van der Waals surface area contributed by atoms with Crippen molar-refractivity contribution in [1.82, 2.24) is 24.5 Å². The number of rotatable bonds is 9. The average Bonchev–Trinajstić information content (AvgIpc) is 3.23. The number of aromatic nitrogens is 2. The van der Waals surface area contributed by atoms with Gasteiger partial charge in [-0.1, -0.05) is 6.92 Å². The van der Waals surface area contributed by atoms with Crippen LogP contribution in [0.1, 0.15) is 32.6 Å². The Hall–Kier alpha value is -1.78. The zero-order valence-electron chi connectivity index (χ0n) is 17.2. The summed E-state index contributed by atoms with van der Waals surface area (Å²) in [5.41, 5.74) is 0. The molecule has 3 heterocycles. The Morgan fingerprint density at radius 1 is 1.17 bits per heavy atom. The molecule has 1 atom stereocenters. The first kappa shape index (κ1) is 21.9. The number of nitrogens with one attached hydrogen (secondary N) is 1. The van der Waals surface area contributed by atoms with Gasteiger partial charge in [-0.2, -0.15) is 4.31 Å². The Labute approximate surface area is 173 Å². The van der Waals surface area contributed by atoms with Crippen molar-refractivity contribution < 1.29 is 13.2 Å². The Kier molecular flexibility index (Phi) is 7.79. The second kappa shape index (κ2) is 10.3. The minimum absolute atomic E-state index is 0.108. The lowest BCUT2D eigenvalue weighted by Crippen LogP contribution is -2.48. The molecule has 2 fully saturated rings. The molecule has 10 heteroatoms. The lowest BCUT2D eigenvalue weighted by molar-refractivity contribution is -0.124. The van der Waals surface area contributed by atoms with Gasteiger partial charge in [0.25, 0.3) is 0 Å². The second-order valence-corrected chi connectivity index (χ2v) is 9.65. The van der Waals surface area contributed by atoms with Gasteiger partial charge in [0.15, 0.2) is 0 Å². The van der Waals surface area contributed by atoms with E-state index < -0.39 is 16.1 Å². The van der Waals surface area contributed by atoms with Gasteiger partial charge in [-0.25, -0.2) is 18.4 Å². The summed E-state index contributed by atoms with van der Waals surface area (Å²) in [6, 6.07) is 1.28. The number of amides is 1. The van der Waals surface area contributed by atoms with Gasteiger partial charge in [-0.3, -0.25) is 9.69 Å². The van der Waals surface area contributed by atoms with Crippen LogP contribution in [0.3, 0.4) is 0 Å². The van der Waals surface area contributed by atoms with E-state index in [9.17, 15) is 13.2 Å². The lowest BCUT2D eigenvalue weighted by Gasteiger charge is -2.34. The summed E-state index contributed by atoms with van der Waals surface area (Å²) in [7, 11) is -3.33. The second-order valence-electron chi connectivity index (χ2n) is 7.61. The summed E-state index contributed by atoms with van der Waals surface area (Å²) in [5.74, 6) is 0.725. The van der Waals surface area contributed by atoms with E-state index in [-0.39, 0.29) is 11.7 Å². The maximum Gasteiger partial charge on any atom is 0.238 e. The molecule has 0 saturated carbocycles. The highest BCUT2D eigenvalue weighted by molar-refractivity contribution is 7.89. The number of hydrogen-bond donors (Lipinski definition) is 1. The van der Waals surface area contributed by atoms with E-state index in [2.05, 4.69) is 25.1 Å². The van der Waals surface area contributed by atoms with Crippen molar-refractivity contribution in [3.63, 3.8) is 0 Å². The zero-order chi connectivity index (χ0) is 20.7. The van der Waals surface area contributed by atoms with Gasteiger partial charge in [0.2, 0.25) is 21.9 Å². The van der Waals surface area contributed by atoms with Crippen LogP contribution in [-0.2, 0) is 14.8 Å². The van der Waals surface area contributed by atoms with Crippen LogP contribution in [0.4, 0.5) is 5.95 Å². The van der Waals surface area contributed by atoms with Crippen LogP contribution in [0.15, 0.2) is 18.5 Å². The first-order valence-corrected chi connectivity index (χ1v) is 12.1. The number of piperazine rings is 1. The van der Waals surface area contributed by atoms with Crippen LogP contribution in [0.25, 0.3) is 0 Å². The fourth-order valence-corrected chi connectivity index (χ4v) is 5.71. The molecule has 2 aliphatic rings. The number of carbonyl (C=O) groups excluding carboxylic acids is 1. The van der Waals surface area contributed by atoms with Gasteiger partial charge in [0, 0.05) is 51.7 Å². The first-order valence-electron chi connectivity index (χ1n) is 10.5. The van der Waals surface area contributed by atoms with Crippen molar-refractivity contribution in [3.05, 3.63) is 18.5 Å². The van der Waals surface area contributed by atoms with E-state index in [4.69, 9.17) is 0 Å². The summed E-state index contributed by atoms with van der Waals surface area (Å²) in [6.07, 6.45) is 6.29. The monoisotopic (exact) mass is 424 g/mol. The van der Waals surface area contributed by atoms with E-state index in [0.717, 1.165) is 51.5 Å². The van der Waals surface area contributed by atoms with Gasteiger partial charge in [0.1, 0.15) is 6.04 Å². The highest BCUT2D eigenvalue weighted by Crippen LogP contribution is 2.22. The summed E-state index contributed by atoms with van der Waals surface area (Å²) in [5, 5.41) is 2.94. The van der Waals surface area contributed by atoms with Crippen molar-refractivity contribution in [2.75, 3.05) is 56.5 Å². The highest BCUT2D eigenvalue weighted by Gasteiger charge is 2.37. The van der Waals surface area contributed by atoms with Crippen molar-refractivity contribution >= 4 is 21.9 Å². The van der Waals surface area contributed by atoms with Gasteiger partial charge in [-0.05, 0) is 38.3 Å². The molecule has 29 heavy (non-hydrogen) atoms. The predicted octanol–water partition coefficient (Wildman–Crippen LogP) is 0.309. The van der Waals surface area contributed by atoms with Crippen molar-refractivity contribution in [1.29, 1.82) is 0 Å². The molecule has 0 aliphatic carbocycles. The standard InChI is InChI=1S/C19H32N6O3S/c1-2-16-29(27,28)25-11-3-6-17(25)18(26)20-9-5-10-23-12-14-24(15-13-23)19-21-7-4-8-22-19/h4,7-8,17H,2-3,5-6,9-16H2,1H3,(H,20,26). The topological polar surface area (TPSA) is 98.7 Å². The van der Waals surface area contributed by atoms with E-state index >= 15 is 0 Å². The molecule has 1 aromatic heterocycles. The maximum atomic E-state index is 12.5. The van der Waals surface area contributed by atoms with Crippen LogP contribution in [0.5, 0.6) is 0 Å². The average molecular weight is 425 g/mol. The first-order chi connectivity index (χ1) is 14.0. The number of hydrogen-bond acceptors (Lipinski definition) is 7. The van der Waals surface area contributed by atoms with E-state index in [1.54, 1.807) is 12.4 Å². The SMILES string of the molecule is CCCS(=O)(=O)N1CCCC1C(=O)NCCCN1CCN(c2ncccn2)CC1. The molecule has 0 spiro atoms. The van der Waals surface area contributed by atoms with E-state index in [1.807, 2.05) is 13.0 Å². The maximum absolute atomic E-state index is 12.5. The van der Waals surface area contributed by atoms with Crippen molar-refractivity contribution in [2.24, 2.45) is 0 Å². The Bertz CT molecular complexity index is 752. The van der Waals surface area contributed by atoms with Crippen LogP contribution in [0, 0.1) is 0 Å². The summed E-state index contributed by atoms with van der Waals surface area (Å²) < 4.78 is 26.1. The molecule has 0 radical (unpaired) electrons. The molecule has 0 bridgehead atoms. The lowest BCUT2D eigenvalue weighted by atomic mass is 10.2. The molecule has 9 nitrogen and oxygen atoms in total. The minimum atomic E-state index is -3.33. The third-order valence-corrected chi connectivity index (χ3v) is 7.56. The van der Waals surface area contributed by atoms with Gasteiger partial charge in [-0.15, -0.1) is 0 Å². The molecule has 1 unspecified atom stereocenters. The Morgan fingerprint density at radius 2 is 1.90 bits per heavy atom. The normalized spacial score (nSPS) is 21.4. The number of sulfonamides is 1. The Balaban J connectivity index is 1.36.